The highest BCUT2D eigenvalue weighted by molar-refractivity contribution is 8.00. The Morgan fingerprint density at radius 2 is 1.32 bits per heavy atom. The number of carbonyl (C=O) groups excluding carboxylic acids is 1. The van der Waals surface area contributed by atoms with Crippen molar-refractivity contribution in [3.05, 3.63) is 0 Å². The molecule has 8 nitrogen and oxygen atoms in total. The first kappa shape index (κ1) is 32.7. The van der Waals surface area contributed by atoms with Crippen LogP contribution in [0.25, 0.3) is 0 Å². The van der Waals surface area contributed by atoms with Crippen LogP contribution in [-0.4, -0.2) is 62.9 Å². The molecule has 1 amide bonds. The fourth-order valence-corrected chi connectivity index (χ4v) is 5.12. The van der Waals surface area contributed by atoms with Crippen LogP contribution >= 0.6 is 11.8 Å². The maximum atomic E-state index is 11.9. The molecule has 0 aromatic heterocycles. The number of amides is 1. The van der Waals surface area contributed by atoms with Gasteiger partial charge in [-0.25, -0.2) is 0 Å². The lowest BCUT2D eigenvalue weighted by Crippen LogP contribution is -2.44. The summed E-state index contributed by atoms with van der Waals surface area (Å²) in [5, 5.41) is 30.2. The van der Waals surface area contributed by atoms with Gasteiger partial charge in [0.25, 0.3) is 0 Å². The Labute approximate surface area is 209 Å². The van der Waals surface area contributed by atoms with Crippen LogP contribution in [0.4, 0.5) is 0 Å². The normalized spacial score (nSPS) is 13.9. The fraction of sp³-hybridized carbons (Fsp3) is 0.880. The molecule has 0 aromatic carbocycles. The fourth-order valence-electron chi connectivity index (χ4n) is 3.82. The third-order valence-corrected chi connectivity index (χ3v) is 7.43. The molecule has 0 saturated carbocycles. The highest BCUT2D eigenvalue weighted by atomic mass is 32.2. The highest BCUT2D eigenvalue weighted by Crippen LogP contribution is 2.25. The molecule has 0 saturated heterocycles. The zero-order valence-electron chi connectivity index (χ0n) is 21.0. The topological polar surface area (TPSA) is 150 Å². The van der Waals surface area contributed by atoms with Gasteiger partial charge in [0.2, 0.25) is 5.91 Å². The standard InChI is InChI=1S/C25H48N2O6S/c1-2-3-4-5-6-7-8-9-10-11-12-13-16-22(21(28)15-14-17-23(29)30)34-19-20(26)25(33)27-18-24(31)32/h20-22,28H,2-19,26H2,1H3,(H,27,33)(H,29,30)(H,31,32)/t20-,21-,22+/m0/s1. The number of carboxylic acid groups (broad SMARTS) is 2. The first-order chi connectivity index (χ1) is 16.3. The molecular weight excluding hydrogens is 456 g/mol. The van der Waals surface area contributed by atoms with Crippen molar-refractivity contribution in [3.8, 4) is 0 Å². The van der Waals surface area contributed by atoms with E-state index in [9.17, 15) is 19.5 Å². The molecule has 0 radical (unpaired) electrons. The van der Waals surface area contributed by atoms with E-state index < -0.39 is 36.5 Å². The Kier molecular flexibility index (Phi) is 21.3. The molecule has 0 unspecified atom stereocenters. The summed E-state index contributed by atoms with van der Waals surface area (Å²) in [6, 6.07) is -0.861. The lowest BCUT2D eigenvalue weighted by molar-refractivity contribution is -0.138. The number of carboxylic acids is 2. The van der Waals surface area contributed by atoms with Gasteiger partial charge in [-0.05, 0) is 19.3 Å². The first-order valence-electron chi connectivity index (χ1n) is 13.0. The highest BCUT2D eigenvalue weighted by Gasteiger charge is 2.23. The largest absolute Gasteiger partial charge is 0.481 e. The van der Waals surface area contributed by atoms with Crippen LogP contribution in [0.5, 0.6) is 0 Å². The zero-order valence-corrected chi connectivity index (χ0v) is 21.8. The predicted octanol–water partition coefficient (Wildman–Crippen LogP) is 4.32. The second kappa shape index (κ2) is 22.2. The summed E-state index contributed by atoms with van der Waals surface area (Å²) in [5.41, 5.74) is 5.87. The lowest BCUT2D eigenvalue weighted by atomic mass is 10.0. The van der Waals surface area contributed by atoms with Crippen molar-refractivity contribution in [2.75, 3.05) is 12.3 Å². The lowest BCUT2D eigenvalue weighted by Gasteiger charge is -2.24. The van der Waals surface area contributed by atoms with Crippen LogP contribution in [0.2, 0.25) is 0 Å². The molecule has 6 N–H and O–H groups in total. The summed E-state index contributed by atoms with van der Waals surface area (Å²) >= 11 is 1.41. The van der Waals surface area contributed by atoms with Crippen LogP contribution in [0.1, 0.15) is 110 Å². The van der Waals surface area contributed by atoms with Crippen molar-refractivity contribution in [1.82, 2.24) is 5.32 Å². The van der Waals surface area contributed by atoms with Gasteiger partial charge in [0, 0.05) is 17.4 Å². The summed E-state index contributed by atoms with van der Waals surface area (Å²) in [6.07, 6.45) is 15.9. The van der Waals surface area contributed by atoms with Crippen LogP contribution in [0.15, 0.2) is 0 Å². The van der Waals surface area contributed by atoms with E-state index in [1.54, 1.807) is 0 Å². The smallest absolute Gasteiger partial charge is 0.322 e. The summed E-state index contributed by atoms with van der Waals surface area (Å²) < 4.78 is 0. The second-order valence-corrected chi connectivity index (χ2v) is 10.4. The van der Waals surface area contributed by atoms with Gasteiger partial charge in [-0.2, -0.15) is 11.8 Å². The van der Waals surface area contributed by atoms with Crippen LogP contribution in [0, 0.1) is 0 Å². The quantitative estimate of drug-likeness (QED) is 0.122. The molecule has 0 aliphatic rings. The summed E-state index contributed by atoms with van der Waals surface area (Å²) in [4.78, 5) is 33.3. The number of nitrogens with one attached hydrogen (secondary N) is 1. The number of thioether (sulfide) groups is 1. The minimum atomic E-state index is -1.13. The third kappa shape index (κ3) is 20.1. The van der Waals surface area contributed by atoms with Gasteiger partial charge in [0.05, 0.1) is 12.1 Å². The Balaban J connectivity index is 4.23. The molecule has 0 fully saturated rings. The Bertz CT molecular complexity index is 549. The molecular formula is C25H48N2O6S. The Morgan fingerprint density at radius 3 is 1.82 bits per heavy atom. The van der Waals surface area contributed by atoms with Crippen molar-refractivity contribution in [2.45, 2.75) is 127 Å². The summed E-state index contributed by atoms with van der Waals surface area (Å²) in [6.45, 7) is 1.76. The van der Waals surface area contributed by atoms with E-state index in [2.05, 4.69) is 12.2 Å². The molecule has 0 rings (SSSR count). The Morgan fingerprint density at radius 1 is 0.794 bits per heavy atom. The number of aliphatic carboxylic acids is 2. The van der Waals surface area contributed by atoms with E-state index in [4.69, 9.17) is 15.9 Å². The minimum absolute atomic E-state index is 0.0180. The van der Waals surface area contributed by atoms with E-state index in [1.807, 2.05) is 0 Å². The number of rotatable bonds is 24. The van der Waals surface area contributed by atoms with Crippen molar-refractivity contribution in [1.29, 1.82) is 0 Å². The Hall–Kier alpha value is -1.32. The number of hydrogen-bond acceptors (Lipinski definition) is 6. The monoisotopic (exact) mass is 504 g/mol. The van der Waals surface area contributed by atoms with E-state index in [-0.39, 0.29) is 17.4 Å². The van der Waals surface area contributed by atoms with E-state index in [0.717, 1.165) is 19.3 Å². The van der Waals surface area contributed by atoms with Crippen molar-refractivity contribution in [2.24, 2.45) is 5.73 Å². The average molecular weight is 505 g/mol. The maximum absolute atomic E-state index is 11.9. The van der Waals surface area contributed by atoms with Crippen molar-refractivity contribution >= 4 is 29.6 Å². The third-order valence-electron chi connectivity index (χ3n) is 5.90. The molecule has 34 heavy (non-hydrogen) atoms. The van der Waals surface area contributed by atoms with E-state index in [1.165, 1.54) is 76.0 Å². The number of nitrogens with two attached hydrogens (primary N) is 1. The number of aliphatic hydroxyl groups excluding tert-OH is 1. The molecule has 0 aliphatic carbocycles. The van der Waals surface area contributed by atoms with Crippen LogP contribution in [-0.2, 0) is 14.4 Å². The molecule has 0 aliphatic heterocycles. The SMILES string of the molecule is CCCCCCCCCCCCCC[C@@H](SC[C@H](N)C(=O)NCC(=O)O)[C@@H](O)CCCC(=O)O. The van der Waals surface area contributed by atoms with Gasteiger partial charge in [0.15, 0.2) is 0 Å². The van der Waals surface area contributed by atoms with Gasteiger partial charge < -0.3 is 26.4 Å². The summed E-state index contributed by atoms with van der Waals surface area (Å²) in [5.74, 6) is -2.27. The number of hydrogen-bond donors (Lipinski definition) is 5. The molecule has 0 heterocycles. The van der Waals surface area contributed by atoms with Crippen molar-refractivity contribution < 1.29 is 29.7 Å². The molecule has 9 heteroatoms. The van der Waals surface area contributed by atoms with Crippen LogP contribution < -0.4 is 11.1 Å². The maximum Gasteiger partial charge on any atom is 0.322 e. The van der Waals surface area contributed by atoms with E-state index >= 15 is 0 Å². The van der Waals surface area contributed by atoms with Gasteiger partial charge in [-0.3, -0.25) is 14.4 Å². The molecule has 200 valence electrons. The average Bonchev–Trinajstić information content (AvgIpc) is 2.79. The van der Waals surface area contributed by atoms with Gasteiger partial charge in [0.1, 0.15) is 6.54 Å². The molecule has 0 aromatic rings. The molecule has 3 atom stereocenters. The van der Waals surface area contributed by atoms with Crippen molar-refractivity contribution in [3.63, 3.8) is 0 Å². The van der Waals surface area contributed by atoms with Crippen LogP contribution in [0.3, 0.4) is 0 Å². The number of carbonyl (C=O) groups is 3. The molecule has 0 bridgehead atoms. The number of aliphatic hydroxyl groups is 1. The number of unbranched alkanes of at least 4 members (excludes halogenated alkanes) is 11. The second-order valence-electron chi connectivity index (χ2n) is 9.12. The van der Waals surface area contributed by atoms with E-state index in [0.29, 0.717) is 12.8 Å². The zero-order chi connectivity index (χ0) is 25.6. The van der Waals surface area contributed by atoms with Gasteiger partial charge in [-0.15, -0.1) is 0 Å². The predicted molar refractivity (Wildman–Crippen MR) is 138 cm³/mol. The molecule has 0 spiro atoms. The minimum Gasteiger partial charge on any atom is -0.481 e. The summed E-state index contributed by atoms with van der Waals surface area (Å²) in [7, 11) is 0. The van der Waals surface area contributed by atoms with Gasteiger partial charge >= 0.3 is 11.9 Å². The first-order valence-corrected chi connectivity index (χ1v) is 14.1. The van der Waals surface area contributed by atoms with Gasteiger partial charge in [-0.1, -0.05) is 84.0 Å².